The van der Waals surface area contributed by atoms with Crippen molar-refractivity contribution < 1.29 is 13.9 Å². The van der Waals surface area contributed by atoms with Crippen LogP contribution < -0.4 is 5.32 Å². The molecular weight excluding hydrogens is 405 g/mol. The molecule has 1 fully saturated rings. The Kier molecular flexibility index (Phi) is 7.55. The smallest absolute Gasteiger partial charge is 0.224 e. The highest BCUT2D eigenvalue weighted by Gasteiger charge is 2.21. The average molecular weight is 438 g/mol. The normalized spacial score (nSPS) is 15.3. The van der Waals surface area contributed by atoms with Crippen LogP contribution in [0.2, 0.25) is 0 Å². The van der Waals surface area contributed by atoms with Gasteiger partial charge in [-0.15, -0.1) is 0 Å². The molecule has 1 N–H and O–H groups in total. The number of halogens is 1. The maximum absolute atomic E-state index is 13.1. The minimum Gasteiger partial charge on any atom is -0.383 e. The average Bonchev–Trinajstić information content (AvgIpc) is 3.22. The van der Waals surface area contributed by atoms with Gasteiger partial charge in [0.15, 0.2) is 0 Å². The number of benzene rings is 2. The minimum absolute atomic E-state index is 0.0222. The van der Waals surface area contributed by atoms with E-state index in [0.717, 1.165) is 44.5 Å². The van der Waals surface area contributed by atoms with E-state index in [4.69, 9.17) is 4.74 Å². The summed E-state index contributed by atoms with van der Waals surface area (Å²) in [5.74, 6) is -0.155. The Hall–Kier alpha value is -2.70. The van der Waals surface area contributed by atoms with Gasteiger partial charge in [0.1, 0.15) is 5.82 Å². The number of carbonyl (C=O) groups is 1. The molecule has 1 aliphatic heterocycles. The van der Waals surface area contributed by atoms with Crippen molar-refractivity contribution in [2.45, 2.75) is 31.7 Å². The standard InChI is InChI=1S/C26H32FN3O2/c1-32-17-12-28-26(31)19-21-2-5-22-9-16-30(25(22)18-21)24-10-14-29(15-11-24)13-8-20-3-6-23(27)7-4-20/h2-7,9,16,18,24H,8,10-15,17,19H2,1H3,(H,28,31). The zero-order valence-corrected chi connectivity index (χ0v) is 18.7. The molecule has 1 saturated heterocycles. The van der Waals surface area contributed by atoms with Crippen LogP contribution in [0, 0.1) is 5.82 Å². The maximum atomic E-state index is 13.1. The Balaban J connectivity index is 1.33. The summed E-state index contributed by atoms with van der Waals surface area (Å²) in [6.07, 6.45) is 5.73. The number of fused-ring (bicyclic) bond motifs is 1. The van der Waals surface area contributed by atoms with Crippen LogP contribution in [0.25, 0.3) is 10.9 Å². The summed E-state index contributed by atoms with van der Waals surface area (Å²) in [7, 11) is 1.63. The molecule has 0 radical (unpaired) electrons. The van der Waals surface area contributed by atoms with Crippen LogP contribution in [-0.2, 0) is 22.4 Å². The molecule has 3 aromatic rings. The van der Waals surface area contributed by atoms with Crippen LogP contribution in [-0.4, -0.2) is 55.3 Å². The van der Waals surface area contributed by atoms with Gasteiger partial charge in [-0.1, -0.05) is 24.3 Å². The van der Waals surface area contributed by atoms with Gasteiger partial charge in [-0.2, -0.15) is 0 Å². The van der Waals surface area contributed by atoms with Gasteiger partial charge in [0.05, 0.1) is 13.0 Å². The van der Waals surface area contributed by atoms with E-state index < -0.39 is 0 Å². The first-order chi connectivity index (χ1) is 15.6. The fourth-order valence-electron chi connectivity index (χ4n) is 4.52. The van der Waals surface area contributed by atoms with E-state index in [1.165, 1.54) is 28.6 Å². The molecule has 0 aliphatic carbocycles. The molecule has 4 rings (SSSR count). The Bertz CT molecular complexity index is 1020. The predicted octanol–water partition coefficient (Wildman–Crippen LogP) is 3.97. The minimum atomic E-state index is -0.177. The second-order valence-corrected chi connectivity index (χ2v) is 8.58. The lowest BCUT2D eigenvalue weighted by molar-refractivity contribution is -0.120. The van der Waals surface area contributed by atoms with Gasteiger partial charge in [0.2, 0.25) is 5.91 Å². The number of carbonyl (C=O) groups excluding carboxylic acids is 1. The fourth-order valence-corrected chi connectivity index (χ4v) is 4.52. The molecule has 6 heteroatoms. The summed E-state index contributed by atoms with van der Waals surface area (Å²) < 4.78 is 20.5. The number of piperidine rings is 1. The third-order valence-electron chi connectivity index (χ3n) is 6.36. The van der Waals surface area contributed by atoms with Gasteiger partial charge in [-0.05, 0) is 60.0 Å². The van der Waals surface area contributed by atoms with E-state index in [1.807, 2.05) is 18.2 Å². The van der Waals surface area contributed by atoms with Gasteiger partial charge >= 0.3 is 0 Å². The topological polar surface area (TPSA) is 46.5 Å². The number of hydrogen-bond acceptors (Lipinski definition) is 3. The quantitative estimate of drug-likeness (QED) is 0.516. The van der Waals surface area contributed by atoms with E-state index in [-0.39, 0.29) is 11.7 Å². The summed E-state index contributed by atoms with van der Waals surface area (Å²) in [6.45, 7) is 4.19. The van der Waals surface area contributed by atoms with E-state index >= 15 is 0 Å². The lowest BCUT2D eigenvalue weighted by Crippen LogP contribution is -2.35. The SMILES string of the molecule is COCCNC(=O)Cc1ccc2ccn(C3CCN(CCc4ccc(F)cc4)CC3)c2c1. The van der Waals surface area contributed by atoms with Crippen molar-refractivity contribution in [1.29, 1.82) is 0 Å². The molecule has 0 bridgehead atoms. The summed E-state index contributed by atoms with van der Waals surface area (Å²) in [6, 6.07) is 15.8. The van der Waals surface area contributed by atoms with Gasteiger partial charge in [-0.25, -0.2) is 4.39 Å². The first-order valence-electron chi connectivity index (χ1n) is 11.4. The second-order valence-electron chi connectivity index (χ2n) is 8.58. The zero-order chi connectivity index (χ0) is 22.3. The third-order valence-corrected chi connectivity index (χ3v) is 6.36. The Labute approximate surface area is 189 Å². The number of amides is 1. The molecule has 1 amide bonds. The lowest BCUT2D eigenvalue weighted by Gasteiger charge is -2.33. The number of likely N-dealkylation sites (tertiary alicyclic amines) is 1. The molecule has 2 heterocycles. The summed E-state index contributed by atoms with van der Waals surface area (Å²) in [5.41, 5.74) is 3.42. The summed E-state index contributed by atoms with van der Waals surface area (Å²) in [5, 5.41) is 4.10. The molecule has 0 atom stereocenters. The highest BCUT2D eigenvalue weighted by atomic mass is 19.1. The third kappa shape index (κ3) is 5.75. The Morgan fingerprint density at radius 1 is 1.09 bits per heavy atom. The molecule has 32 heavy (non-hydrogen) atoms. The van der Waals surface area contributed by atoms with Crippen LogP contribution in [0.4, 0.5) is 4.39 Å². The van der Waals surface area contributed by atoms with Crippen molar-refractivity contribution in [1.82, 2.24) is 14.8 Å². The van der Waals surface area contributed by atoms with Gasteiger partial charge in [0, 0.05) is 51.0 Å². The lowest BCUT2D eigenvalue weighted by atomic mass is 10.0. The van der Waals surface area contributed by atoms with Gasteiger partial charge < -0.3 is 19.5 Å². The van der Waals surface area contributed by atoms with Crippen LogP contribution in [0.1, 0.15) is 30.0 Å². The first-order valence-corrected chi connectivity index (χ1v) is 11.4. The molecule has 170 valence electrons. The molecule has 5 nitrogen and oxygen atoms in total. The summed E-state index contributed by atoms with van der Waals surface area (Å²) in [4.78, 5) is 14.7. The molecule has 0 spiro atoms. The van der Waals surface area contributed by atoms with E-state index in [0.29, 0.717) is 25.6 Å². The largest absolute Gasteiger partial charge is 0.383 e. The van der Waals surface area contributed by atoms with Crippen molar-refractivity contribution in [3.63, 3.8) is 0 Å². The fraction of sp³-hybridized carbons (Fsp3) is 0.423. The van der Waals surface area contributed by atoms with Crippen LogP contribution >= 0.6 is 0 Å². The number of aromatic nitrogens is 1. The molecule has 2 aromatic carbocycles. The zero-order valence-electron chi connectivity index (χ0n) is 18.7. The van der Waals surface area contributed by atoms with E-state index in [1.54, 1.807) is 7.11 Å². The van der Waals surface area contributed by atoms with E-state index in [2.05, 4.69) is 39.2 Å². The number of methoxy groups -OCH3 is 1. The molecule has 1 aromatic heterocycles. The Morgan fingerprint density at radius 2 is 1.84 bits per heavy atom. The number of hydrogen-bond donors (Lipinski definition) is 1. The number of nitrogens with one attached hydrogen (secondary N) is 1. The highest BCUT2D eigenvalue weighted by molar-refractivity contribution is 5.84. The van der Waals surface area contributed by atoms with Crippen molar-refractivity contribution in [3.8, 4) is 0 Å². The first kappa shape index (κ1) is 22.5. The molecule has 0 unspecified atom stereocenters. The van der Waals surface area contributed by atoms with E-state index in [9.17, 15) is 9.18 Å². The van der Waals surface area contributed by atoms with Crippen LogP contribution in [0.15, 0.2) is 54.7 Å². The van der Waals surface area contributed by atoms with Crippen molar-refractivity contribution in [2.75, 3.05) is 39.9 Å². The van der Waals surface area contributed by atoms with Gasteiger partial charge in [-0.3, -0.25) is 4.79 Å². The Morgan fingerprint density at radius 3 is 2.59 bits per heavy atom. The number of ether oxygens (including phenoxy) is 1. The predicted molar refractivity (Wildman–Crippen MR) is 125 cm³/mol. The number of rotatable bonds is 9. The summed E-state index contributed by atoms with van der Waals surface area (Å²) >= 11 is 0. The molecule has 1 aliphatic rings. The van der Waals surface area contributed by atoms with Crippen molar-refractivity contribution in [2.24, 2.45) is 0 Å². The molecule has 0 saturated carbocycles. The highest BCUT2D eigenvalue weighted by Crippen LogP contribution is 2.28. The van der Waals surface area contributed by atoms with Crippen molar-refractivity contribution >= 4 is 16.8 Å². The number of nitrogens with zero attached hydrogens (tertiary/aromatic N) is 2. The molecular formula is C26H32FN3O2. The van der Waals surface area contributed by atoms with Crippen LogP contribution in [0.5, 0.6) is 0 Å². The second kappa shape index (κ2) is 10.7. The monoisotopic (exact) mass is 437 g/mol. The van der Waals surface area contributed by atoms with Gasteiger partial charge in [0.25, 0.3) is 0 Å². The van der Waals surface area contributed by atoms with Crippen molar-refractivity contribution in [3.05, 3.63) is 71.7 Å². The maximum Gasteiger partial charge on any atom is 0.224 e. The van der Waals surface area contributed by atoms with Crippen LogP contribution in [0.3, 0.4) is 0 Å².